The lowest BCUT2D eigenvalue weighted by molar-refractivity contribution is 0.763. The molecule has 2 rings (SSSR count). The van der Waals surface area contributed by atoms with E-state index >= 15 is 0 Å². The second-order valence-electron chi connectivity index (χ2n) is 3.68. The van der Waals surface area contributed by atoms with E-state index in [0.29, 0.717) is 6.54 Å². The Morgan fingerprint density at radius 2 is 2.12 bits per heavy atom. The second kappa shape index (κ2) is 5.71. The van der Waals surface area contributed by atoms with Crippen molar-refractivity contribution >= 4 is 27.7 Å². The Labute approximate surface area is 113 Å². The number of thioether (sulfide) groups is 1. The van der Waals surface area contributed by atoms with Crippen LogP contribution in [0.5, 0.6) is 0 Å². The van der Waals surface area contributed by atoms with Crippen LogP contribution in [0.4, 0.5) is 0 Å². The van der Waals surface area contributed by atoms with E-state index in [9.17, 15) is 0 Å². The molecule has 0 radical (unpaired) electrons. The zero-order chi connectivity index (χ0) is 12.3. The maximum absolute atomic E-state index is 5.84. The number of nitrogens with zero attached hydrogens (tertiary/aromatic N) is 1. The Balaban J connectivity index is 2.28. The first-order valence-electron chi connectivity index (χ1n) is 5.29. The third-order valence-corrected chi connectivity index (χ3v) is 3.79. The topological polar surface area (TPSA) is 54.7 Å². The van der Waals surface area contributed by atoms with Crippen LogP contribution in [-0.4, -0.2) is 22.8 Å². The average Bonchev–Trinajstić information content (AvgIpc) is 2.78. The lowest BCUT2D eigenvalue weighted by Gasteiger charge is -2.12. The first kappa shape index (κ1) is 12.7. The summed E-state index contributed by atoms with van der Waals surface area (Å²) in [6.45, 7) is 0.540. The van der Waals surface area contributed by atoms with Gasteiger partial charge in [0.25, 0.3) is 0 Å². The number of nitrogens with one attached hydrogen (secondary N) is 1. The smallest absolute Gasteiger partial charge is 0.115 e. The Morgan fingerprint density at radius 3 is 2.59 bits per heavy atom. The number of hydrogen-bond donors (Lipinski definition) is 2. The summed E-state index contributed by atoms with van der Waals surface area (Å²) < 4.78 is 0.881. The number of halogens is 1. The van der Waals surface area contributed by atoms with E-state index in [1.807, 2.05) is 0 Å². The summed E-state index contributed by atoms with van der Waals surface area (Å²) in [7, 11) is 0. The third kappa shape index (κ3) is 2.91. The van der Waals surface area contributed by atoms with E-state index in [1.54, 1.807) is 18.0 Å². The fourth-order valence-corrected chi connectivity index (χ4v) is 2.45. The molecule has 0 aliphatic rings. The van der Waals surface area contributed by atoms with Gasteiger partial charge < -0.3 is 10.7 Å². The molecule has 1 heterocycles. The number of imidazole rings is 1. The number of benzene rings is 1. The highest BCUT2D eigenvalue weighted by atomic mass is 79.9. The molecule has 0 amide bonds. The second-order valence-corrected chi connectivity index (χ2v) is 5.41. The molecule has 0 saturated heterocycles. The summed E-state index contributed by atoms with van der Waals surface area (Å²) in [6, 6.07) is 8.45. The van der Waals surface area contributed by atoms with Crippen molar-refractivity contribution in [1.29, 1.82) is 0 Å². The monoisotopic (exact) mass is 311 g/mol. The molecule has 0 aliphatic heterocycles. The van der Waals surface area contributed by atoms with Gasteiger partial charge in [-0.3, -0.25) is 0 Å². The van der Waals surface area contributed by atoms with Crippen molar-refractivity contribution in [1.82, 2.24) is 9.97 Å². The predicted octanol–water partition coefficient (Wildman–Crippen LogP) is 2.98. The van der Waals surface area contributed by atoms with Gasteiger partial charge in [-0.25, -0.2) is 4.98 Å². The molecule has 5 heteroatoms. The molecule has 0 fully saturated rings. The van der Waals surface area contributed by atoms with Crippen molar-refractivity contribution in [2.75, 3.05) is 12.8 Å². The SMILES string of the molecule is CSc1ccc(C(CN)c2ncc(Br)[nH]2)cc1. The Hall–Kier alpha value is -0.780. The van der Waals surface area contributed by atoms with Gasteiger partial charge in [-0.05, 0) is 39.9 Å². The van der Waals surface area contributed by atoms with Gasteiger partial charge in [0.2, 0.25) is 0 Å². The molecule has 0 saturated carbocycles. The molecular weight excluding hydrogens is 298 g/mol. The van der Waals surface area contributed by atoms with E-state index in [0.717, 1.165) is 10.4 Å². The minimum absolute atomic E-state index is 0.122. The van der Waals surface area contributed by atoms with Gasteiger partial charge in [0.15, 0.2) is 0 Å². The lowest BCUT2D eigenvalue weighted by Crippen LogP contribution is -2.15. The van der Waals surface area contributed by atoms with E-state index in [2.05, 4.69) is 56.4 Å². The molecular formula is C12H14BrN3S. The van der Waals surface area contributed by atoms with E-state index in [1.165, 1.54) is 10.5 Å². The summed E-state index contributed by atoms with van der Waals surface area (Å²) in [4.78, 5) is 8.75. The van der Waals surface area contributed by atoms with Gasteiger partial charge in [0.05, 0.1) is 12.1 Å². The van der Waals surface area contributed by atoms with Crippen molar-refractivity contribution in [2.24, 2.45) is 5.73 Å². The van der Waals surface area contributed by atoms with E-state index in [-0.39, 0.29) is 5.92 Å². The van der Waals surface area contributed by atoms with Gasteiger partial charge in [0.1, 0.15) is 10.4 Å². The van der Waals surface area contributed by atoms with Crippen LogP contribution >= 0.6 is 27.7 Å². The van der Waals surface area contributed by atoms with Gasteiger partial charge in [-0.1, -0.05) is 12.1 Å². The molecule has 1 aromatic carbocycles. The standard InChI is InChI=1S/C12H14BrN3S/c1-17-9-4-2-8(3-5-9)10(6-14)12-15-7-11(13)16-12/h2-5,7,10H,6,14H2,1H3,(H,15,16). The van der Waals surface area contributed by atoms with Gasteiger partial charge >= 0.3 is 0 Å². The van der Waals surface area contributed by atoms with Crippen LogP contribution in [0, 0.1) is 0 Å². The molecule has 3 nitrogen and oxygen atoms in total. The van der Waals surface area contributed by atoms with Crippen molar-refractivity contribution in [3.63, 3.8) is 0 Å². The number of H-pyrrole nitrogens is 1. The molecule has 0 aliphatic carbocycles. The lowest BCUT2D eigenvalue weighted by atomic mass is 9.99. The van der Waals surface area contributed by atoms with Crippen LogP contribution in [0.25, 0.3) is 0 Å². The fraction of sp³-hybridized carbons (Fsp3) is 0.250. The summed E-state index contributed by atoms with van der Waals surface area (Å²) in [6.07, 6.45) is 3.83. The summed E-state index contributed by atoms with van der Waals surface area (Å²) in [5, 5.41) is 0. The first-order chi connectivity index (χ1) is 8.24. The van der Waals surface area contributed by atoms with Crippen molar-refractivity contribution in [3.8, 4) is 0 Å². The Morgan fingerprint density at radius 1 is 1.41 bits per heavy atom. The van der Waals surface area contributed by atoms with Crippen LogP contribution < -0.4 is 5.73 Å². The zero-order valence-electron chi connectivity index (χ0n) is 9.48. The number of rotatable bonds is 4. The van der Waals surface area contributed by atoms with Crippen molar-refractivity contribution in [3.05, 3.63) is 46.5 Å². The number of nitrogens with two attached hydrogens (primary N) is 1. The van der Waals surface area contributed by atoms with Crippen LogP contribution in [-0.2, 0) is 0 Å². The third-order valence-electron chi connectivity index (χ3n) is 2.65. The number of aromatic nitrogens is 2. The molecule has 0 bridgehead atoms. The molecule has 1 aromatic heterocycles. The molecule has 3 N–H and O–H groups in total. The summed E-state index contributed by atoms with van der Waals surface area (Å²) in [5.41, 5.74) is 7.02. The van der Waals surface area contributed by atoms with Gasteiger partial charge in [-0.15, -0.1) is 11.8 Å². The molecule has 2 aromatic rings. The normalized spacial score (nSPS) is 12.6. The molecule has 1 atom stereocenters. The highest BCUT2D eigenvalue weighted by molar-refractivity contribution is 9.10. The largest absolute Gasteiger partial charge is 0.336 e. The molecule has 0 spiro atoms. The first-order valence-corrected chi connectivity index (χ1v) is 7.30. The number of aromatic amines is 1. The van der Waals surface area contributed by atoms with Crippen molar-refractivity contribution in [2.45, 2.75) is 10.8 Å². The predicted molar refractivity (Wildman–Crippen MR) is 75.4 cm³/mol. The van der Waals surface area contributed by atoms with Crippen LogP contribution in [0.2, 0.25) is 0 Å². The summed E-state index contributed by atoms with van der Waals surface area (Å²) >= 11 is 5.10. The maximum Gasteiger partial charge on any atom is 0.115 e. The molecule has 1 unspecified atom stereocenters. The Bertz CT molecular complexity index is 481. The fourth-order valence-electron chi connectivity index (χ4n) is 1.73. The van der Waals surface area contributed by atoms with Crippen LogP contribution in [0.3, 0.4) is 0 Å². The number of hydrogen-bond acceptors (Lipinski definition) is 3. The van der Waals surface area contributed by atoms with Gasteiger partial charge in [-0.2, -0.15) is 0 Å². The zero-order valence-corrected chi connectivity index (χ0v) is 11.9. The van der Waals surface area contributed by atoms with E-state index in [4.69, 9.17) is 5.73 Å². The Kier molecular flexibility index (Phi) is 4.25. The average molecular weight is 312 g/mol. The van der Waals surface area contributed by atoms with Crippen LogP contribution in [0.15, 0.2) is 40.0 Å². The minimum Gasteiger partial charge on any atom is -0.336 e. The highest BCUT2D eigenvalue weighted by Crippen LogP contribution is 2.24. The summed E-state index contributed by atoms with van der Waals surface area (Å²) in [5.74, 6) is 1.02. The van der Waals surface area contributed by atoms with Crippen molar-refractivity contribution < 1.29 is 0 Å². The van der Waals surface area contributed by atoms with E-state index < -0.39 is 0 Å². The highest BCUT2D eigenvalue weighted by Gasteiger charge is 2.15. The van der Waals surface area contributed by atoms with Crippen LogP contribution in [0.1, 0.15) is 17.3 Å². The molecule has 17 heavy (non-hydrogen) atoms. The maximum atomic E-state index is 5.84. The molecule has 90 valence electrons. The van der Waals surface area contributed by atoms with Gasteiger partial charge in [0, 0.05) is 11.4 Å². The minimum atomic E-state index is 0.122. The quantitative estimate of drug-likeness (QED) is 0.853.